The molecular weight excluding hydrogens is 427 g/mol. The Morgan fingerprint density at radius 1 is 1.00 bits per heavy atom. The summed E-state index contributed by atoms with van der Waals surface area (Å²) < 4.78 is 28.4. The number of ether oxygens (including phenoxy) is 1. The largest absolute Gasteiger partial charge is 0.496 e. The third-order valence-corrected chi connectivity index (χ3v) is 5.41. The van der Waals surface area contributed by atoms with Crippen LogP contribution in [-0.2, 0) is 13.1 Å². The minimum absolute atomic E-state index is 0.0539. The number of rotatable bonds is 6. The highest BCUT2D eigenvalue weighted by Crippen LogP contribution is 2.21. The van der Waals surface area contributed by atoms with Crippen LogP contribution < -0.4 is 16.0 Å². The molecule has 0 atom stereocenters. The maximum atomic E-state index is 13.5. The minimum Gasteiger partial charge on any atom is -0.496 e. The van der Waals surface area contributed by atoms with Crippen LogP contribution in [0.4, 0.5) is 4.39 Å². The maximum absolute atomic E-state index is 13.5. The standard InChI is InChI=1S/C24H19FN4O4/c1-32-20-7-3-2-5-16(20)13-27-15-26-22-21(27)23(30)28(14-19-6-4-12-33-19)24(31)29(22)18-10-8-17(25)9-11-18/h2-12,15H,13-14H2,1H3. The molecule has 0 saturated carbocycles. The van der Waals surface area contributed by atoms with Crippen molar-refractivity contribution in [2.24, 2.45) is 0 Å². The van der Waals surface area contributed by atoms with Crippen molar-refractivity contribution in [2.45, 2.75) is 13.1 Å². The van der Waals surface area contributed by atoms with Crippen LogP contribution in [0.25, 0.3) is 16.9 Å². The van der Waals surface area contributed by atoms with E-state index in [1.54, 1.807) is 23.8 Å². The molecule has 0 aliphatic rings. The van der Waals surface area contributed by atoms with Gasteiger partial charge in [0.25, 0.3) is 5.56 Å². The van der Waals surface area contributed by atoms with Gasteiger partial charge in [-0.15, -0.1) is 0 Å². The SMILES string of the molecule is COc1ccccc1Cn1cnc2c1c(=O)n(Cc1ccco1)c(=O)n2-c1ccc(F)cc1. The van der Waals surface area contributed by atoms with E-state index in [-0.39, 0.29) is 17.7 Å². The first-order chi connectivity index (χ1) is 16.1. The van der Waals surface area contributed by atoms with Crippen molar-refractivity contribution in [3.05, 3.63) is 111 Å². The average Bonchev–Trinajstić information content (AvgIpc) is 3.49. The Labute approximate surface area is 186 Å². The molecule has 0 saturated heterocycles. The molecule has 0 bridgehead atoms. The van der Waals surface area contributed by atoms with Crippen LogP contribution in [0, 0.1) is 5.82 Å². The summed E-state index contributed by atoms with van der Waals surface area (Å²) in [5.41, 5.74) is 0.548. The smallest absolute Gasteiger partial charge is 0.337 e. The van der Waals surface area contributed by atoms with E-state index in [2.05, 4.69) is 4.98 Å². The fourth-order valence-corrected chi connectivity index (χ4v) is 3.84. The van der Waals surface area contributed by atoms with Gasteiger partial charge in [-0.05, 0) is 42.5 Å². The van der Waals surface area contributed by atoms with E-state index >= 15 is 0 Å². The van der Waals surface area contributed by atoms with Crippen LogP contribution >= 0.6 is 0 Å². The Morgan fingerprint density at radius 2 is 1.79 bits per heavy atom. The van der Waals surface area contributed by atoms with Crippen LogP contribution in [0.2, 0.25) is 0 Å². The molecule has 9 heteroatoms. The first-order valence-electron chi connectivity index (χ1n) is 10.2. The highest BCUT2D eigenvalue weighted by molar-refractivity contribution is 5.72. The zero-order chi connectivity index (χ0) is 22.9. The minimum atomic E-state index is -0.599. The van der Waals surface area contributed by atoms with Crippen molar-refractivity contribution in [2.75, 3.05) is 7.11 Å². The molecule has 0 aliphatic heterocycles. The fourth-order valence-electron chi connectivity index (χ4n) is 3.84. The van der Waals surface area contributed by atoms with E-state index in [9.17, 15) is 14.0 Å². The van der Waals surface area contributed by atoms with Gasteiger partial charge in [-0.1, -0.05) is 18.2 Å². The number of methoxy groups -OCH3 is 1. The molecule has 166 valence electrons. The van der Waals surface area contributed by atoms with E-state index in [1.807, 2.05) is 24.3 Å². The Kier molecular flexibility index (Phi) is 5.14. The number of halogens is 1. The van der Waals surface area contributed by atoms with E-state index in [4.69, 9.17) is 9.15 Å². The molecule has 3 heterocycles. The number of imidazole rings is 1. The number of aromatic nitrogens is 4. The number of furan rings is 1. The van der Waals surface area contributed by atoms with Gasteiger partial charge in [0.05, 0.1) is 38.5 Å². The van der Waals surface area contributed by atoms with Crippen LogP contribution in [-0.4, -0.2) is 25.8 Å². The van der Waals surface area contributed by atoms with Gasteiger partial charge in [-0.2, -0.15) is 0 Å². The van der Waals surface area contributed by atoms with Crippen molar-refractivity contribution in [3.63, 3.8) is 0 Å². The summed E-state index contributed by atoms with van der Waals surface area (Å²) in [6.07, 6.45) is 2.98. The molecule has 5 rings (SSSR count). The second-order valence-electron chi connectivity index (χ2n) is 7.42. The Balaban J connectivity index is 1.76. The number of hydrogen-bond acceptors (Lipinski definition) is 5. The molecule has 2 aromatic carbocycles. The number of para-hydroxylation sites is 1. The van der Waals surface area contributed by atoms with Gasteiger partial charge in [0, 0.05) is 5.56 Å². The quantitative estimate of drug-likeness (QED) is 0.400. The zero-order valence-corrected chi connectivity index (χ0v) is 17.6. The molecule has 5 aromatic rings. The molecule has 0 N–H and O–H groups in total. The molecule has 33 heavy (non-hydrogen) atoms. The first-order valence-corrected chi connectivity index (χ1v) is 10.2. The van der Waals surface area contributed by atoms with Crippen LogP contribution in [0.3, 0.4) is 0 Å². The molecule has 8 nitrogen and oxygen atoms in total. The van der Waals surface area contributed by atoms with Gasteiger partial charge in [0.1, 0.15) is 17.3 Å². The van der Waals surface area contributed by atoms with Crippen LogP contribution in [0.15, 0.2) is 87.3 Å². The lowest BCUT2D eigenvalue weighted by Gasteiger charge is -2.13. The predicted molar refractivity (Wildman–Crippen MR) is 119 cm³/mol. The molecule has 0 fully saturated rings. The van der Waals surface area contributed by atoms with Crippen molar-refractivity contribution in [1.29, 1.82) is 0 Å². The lowest BCUT2D eigenvalue weighted by Crippen LogP contribution is -2.40. The lowest BCUT2D eigenvalue weighted by molar-refractivity contribution is 0.408. The van der Waals surface area contributed by atoms with Gasteiger partial charge in [-0.3, -0.25) is 9.36 Å². The summed E-state index contributed by atoms with van der Waals surface area (Å²) in [7, 11) is 1.58. The second-order valence-corrected chi connectivity index (χ2v) is 7.42. The summed E-state index contributed by atoms with van der Waals surface area (Å²) in [6.45, 7) is 0.250. The molecule has 0 radical (unpaired) electrons. The number of fused-ring (bicyclic) bond motifs is 1. The predicted octanol–water partition coefficient (Wildman–Crippen LogP) is 3.19. The van der Waals surface area contributed by atoms with Gasteiger partial charge in [-0.25, -0.2) is 18.7 Å². The van der Waals surface area contributed by atoms with E-state index < -0.39 is 17.1 Å². The summed E-state index contributed by atoms with van der Waals surface area (Å²) in [5.74, 6) is 0.686. The summed E-state index contributed by atoms with van der Waals surface area (Å²) in [4.78, 5) is 31.3. The van der Waals surface area contributed by atoms with E-state index in [0.29, 0.717) is 23.7 Å². The first kappa shape index (κ1) is 20.5. The second kappa shape index (κ2) is 8.27. The van der Waals surface area contributed by atoms with Crippen LogP contribution in [0.1, 0.15) is 11.3 Å². The van der Waals surface area contributed by atoms with Crippen LogP contribution in [0.5, 0.6) is 5.75 Å². The average molecular weight is 446 g/mol. The Hall–Kier alpha value is -4.40. The van der Waals surface area contributed by atoms with Gasteiger partial charge >= 0.3 is 5.69 Å². The molecule has 0 unspecified atom stereocenters. The number of benzene rings is 2. The lowest BCUT2D eigenvalue weighted by atomic mass is 10.2. The third-order valence-electron chi connectivity index (χ3n) is 5.41. The van der Waals surface area contributed by atoms with Gasteiger partial charge in [0.15, 0.2) is 11.2 Å². The molecule has 0 amide bonds. The van der Waals surface area contributed by atoms with Crippen molar-refractivity contribution >= 4 is 11.2 Å². The summed E-state index contributed by atoms with van der Waals surface area (Å²) in [6, 6.07) is 16.3. The molecular formula is C24H19FN4O4. The van der Waals surface area contributed by atoms with Crippen molar-refractivity contribution in [3.8, 4) is 11.4 Å². The molecule has 3 aromatic heterocycles. The highest BCUT2D eigenvalue weighted by atomic mass is 19.1. The van der Waals surface area contributed by atoms with Gasteiger partial charge < -0.3 is 13.7 Å². The normalized spacial score (nSPS) is 11.2. The molecule has 0 aliphatic carbocycles. The summed E-state index contributed by atoms with van der Waals surface area (Å²) >= 11 is 0. The zero-order valence-electron chi connectivity index (χ0n) is 17.6. The fraction of sp³-hybridized carbons (Fsp3) is 0.125. The van der Waals surface area contributed by atoms with E-state index in [0.717, 1.165) is 10.1 Å². The monoisotopic (exact) mass is 446 g/mol. The van der Waals surface area contributed by atoms with E-state index in [1.165, 1.54) is 41.4 Å². The third kappa shape index (κ3) is 3.63. The van der Waals surface area contributed by atoms with Crippen molar-refractivity contribution < 1.29 is 13.5 Å². The van der Waals surface area contributed by atoms with Crippen molar-refractivity contribution in [1.82, 2.24) is 18.7 Å². The number of nitrogens with zero attached hydrogens (tertiary/aromatic N) is 4. The topological polar surface area (TPSA) is 84.2 Å². The maximum Gasteiger partial charge on any atom is 0.337 e. The summed E-state index contributed by atoms with van der Waals surface area (Å²) in [5, 5.41) is 0. The Bertz CT molecular complexity index is 1550. The molecule has 0 spiro atoms. The highest BCUT2D eigenvalue weighted by Gasteiger charge is 2.20. The number of hydrogen-bond donors (Lipinski definition) is 0. The Morgan fingerprint density at radius 3 is 2.52 bits per heavy atom. The van der Waals surface area contributed by atoms with Gasteiger partial charge in [0.2, 0.25) is 0 Å².